The molecule has 19 heavy (non-hydrogen) atoms. The van der Waals surface area contributed by atoms with Crippen LogP contribution in [-0.2, 0) is 0 Å². The van der Waals surface area contributed by atoms with E-state index in [1.54, 1.807) is 6.07 Å². The summed E-state index contributed by atoms with van der Waals surface area (Å²) < 4.78 is 10.4. The van der Waals surface area contributed by atoms with Gasteiger partial charge in [0.2, 0.25) is 12.2 Å². The molecule has 0 unspecified atom stereocenters. The van der Waals surface area contributed by atoms with Crippen molar-refractivity contribution in [2.24, 2.45) is 0 Å². The first-order valence-corrected chi connectivity index (χ1v) is 5.45. The Morgan fingerprint density at radius 1 is 1.16 bits per heavy atom. The number of ether oxygens (including phenoxy) is 2. The zero-order chi connectivity index (χ0) is 13.0. The fourth-order valence-electron chi connectivity index (χ4n) is 2.09. The van der Waals surface area contributed by atoms with Gasteiger partial charge in [-0.15, -0.1) is 5.10 Å². The summed E-state index contributed by atoms with van der Waals surface area (Å²) in [7, 11) is 0. The Morgan fingerprint density at radius 3 is 2.79 bits per heavy atom. The second-order valence-electron chi connectivity index (χ2n) is 4.07. The Bertz CT molecular complexity index is 943. The summed E-state index contributed by atoms with van der Waals surface area (Å²) in [6.45, 7) is 0.0945. The molecule has 4 rings (SSSR count). The number of nitrogens with one attached hydrogen (secondary N) is 2. The van der Waals surface area contributed by atoms with E-state index >= 15 is 0 Å². The van der Waals surface area contributed by atoms with Gasteiger partial charge in [0, 0.05) is 6.07 Å². The molecule has 8 nitrogen and oxygen atoms in total. The zero-order valence-corrected chi connectivity index (χ0v) is 9.39. The van der Waals surface area contributed by atoms with Crippen LogP contribution in [0.1, 0.15) is 0 Å². The molecule has 1 aliphatic rings. The molecule has 2 N–H and O–H groups in total. The molecule has 2 aromatic heterocycles. The highest BCUT2D eigenvalue weighted by Gasteiger charge is 2.17. The molecule has 0 bridgehead atoms. The third-order valence-electron chi connectivity index (χ3n) is 3.00. The van der Waals surface area contributed by atoms with E-state index in [4.69, 9.17) is 9.47 Å². The van der Waals surface area contributed by atoms with E-state index in [1.165, 1.54) is 6.07 Å². The van der Waals surface area contributed by atoms with Crippen molar-refractivity contribution >= 4 is 21.9 Å². The highest BCUT2D eigenvalue weighted by atomic mass is 16.7. The van der Waals surface area contributed by atoms with E-state index in [9.17, 15) is 9.59 Å². The molecule has 0 aliphatic carbocycles. The lowest BCUT2D eigenvalue weighted by molar-refractivity contribution is 0.174. The van der Waals surface area contributed by atoms with Crippen LogP contribution in [0.15, 0.2) is 21.7 Å². The Labute approximate surface area is 104 Å². The van der Waals surface area contributed by atoms with Crippen molar-refractivity contribution in [2.45, 2.75) is 0 Å². The van der Waals surface area contributed by atoms with Gasteiger partial charge in [-0.1, -0.05) is 5.21 Å². The molecule has 0 saturated carbocycles. The minimum Gasteiger partial charge on any atom is -0.454 e. The molecule has 0 radical (unpaired) electrons. The van der Waals surface area contributed by atoms with Gasteiger partial charge in [-0.3, -0.25) is 14.7 Å². The van der Waals surface area contributed by atoms with Crippen molar-refractivity contribution in [1.82, 2.24) is 20.4 Å². The maximum Gasteiger partial charge on any atom is 0.278 e. The van der Waals surface area contributed by atoms with Gasteiger partial charge in [-0.05, 0) is 6.07 Å². The van der Waals surface area contributed by atoms with E-state index < -0.39 is 5.56 Å². The van der Waals surface area contributed by atoms with Crippen LogP contribution in [0.2, 0.25) is 0 Å². The number of rotatable bonds is 0. The molecule has 3 heterocycles. The summed E-state index contributed by atoms with van der Waals surface area (Å²) in [6, 6.07) is 3.10. The molecule has 94 valence electrons. The molecule has 0 atom stereocenters. The molecule has 0 fully saturated rings. The quantitative estimate of drug-likeness (QED) is 0.582. The summed E-state index contributed by atoms with van der Waals surface area (Å²) in [5.41, 5.74) is -0.453. The maximum absolute atomic E-state index is 12.3. The molecular weight excluding hydrogens is 252 g/mol. The Balaban J connectivity index is 2.31. The van der Waals surface area contributed by atoms with Gasteiger partial charge in [0.1, 0.15) is 5.52 Å². The molecule has 0 saturated heterocycles. The first-order chi connectivity index (χ1) is 9.24. The summed E-state index contributed by atoms with van der Waals surface area (Å²) in [5, 5.41) is 9.84. The fourth-order valence-corrected chi connectivity index (χ4v) is 2.09. The summed E-state index contributed by atoms with van der Waals surface area (Å²) in [4.78, 5) is 26.9. The third kappa shape index (κ3) is 1.27. The minimum atomic E-state index is -0.491. The molecule has 1 aliphatic heterocycles. The number of hydrogen-bond acceptors (Lipinski definition) is 6. The lowest BCUT2D eigenvalue weighted by Crippen LogP contribution is -2.03. The topological polar surface area (TPSA) is 110 Å². The molecule has 1 aromatic carbocycles. The van der Waals surface area contributed by atoms with Crippen LogP contribution in [-0.4, -0.2) is 27.2 Å². The van der Waals surface area contributed by atoms with E-state index in [0.29, 0.717) is 22.4 Å². The van der Waals surface area contributed by atoms with Crippen molar-refractivity contribution in [3.63, 3.8) is 0 Å². The zero-order valence-electron chi connectivity index (χ0n) is 9.39. The number of nitrogens with zero attached hydrogens (tertiary/aromatic N) is 2. The number of aromatic amines is 2. The maximum atomic E-state index is 12.3. The van der Waals surface area contributed by atoms with Crippen molar-refractivity contribution in [1.29, 1.82) is 0 Å². The van der Waals surface area contributed by atoms with Crippen LogP contribution < -0.4 is 20.5 Å². The van der Waals surface area contributed by atoms with Crippen molar-refractivity contribution < 1.29 is 9.47 Å². The van der Waals surface area contributed by atoms with Gasteiger partial charge in [-0.2, -0.15) is 0 Å². The Kier molecular flexibility index (Phi) is 1.75. The highest BCUT2D eigenvalue weighted by Crippen LogP contribution is 2.34. The van der Waals surface area contributed by atoms with Gasteiger partial charge >= 0.3 is 0 Å². The smallest absolute Gasteiger partial charge is 0.278 e. The standard InChI is InChI=1S/C11H6N4O4/c16-10-4-1-6-7(19-3-18-6)2-5(4)12-11(17)9-8(10)13-15-14-9/h1-2H,3H2,(H,12,17)(H,13,14,15). The van der Waals surface area contributed by atoms with Crippen molar-refractivity contribution in [3.05, 3.63) is 32.7 Å². The van der Waals surface area contributed by atoms with Crippen LogP contribution >= 0.6 is 0 Å². The van der Waals surface area contributed by atoms with Gasteiger partial charge < -0.3 is 14.5 Å². The molecular formula is C11H6N4O4. The second kappa shape index (κ2) is 3.31. The average Bonchev–Trinajstić information content (AvgIpc) is 3.03. The summed E-state index contributed by atoms with van der Waals surface area (Å²) in [5.74, 6) is 0.959. The van der Waals surface area contributed by atoms with Crippen LogP contribution in [0.25, 0.3) is 21.9 Å². The first-order valence-electron chi connectivity index (χ1n) is 5.45. The van der Waals surface area contributed by atoms with Crippen molar-refractivity contribution in [2.75, 3.05) is 6.79 Å². The number of fused-ring (bicyclic) bond motifs is 3. The van der Waals surface area contributed by atoms with Crippen LogP contribution in [0.3, 0.4) is 0 Å². The third-order valence-corrected chi connectivity index (χ3v) is 3.00. The average molecular weight is 258 g/mol. The van der Waals surface area contributed by atoms with E-state index in [2.05, 4.69) is 20.4 Å². The van der Waals surface area contributed by atoms with E-state index in [-0.39, 0.29) is 23.3 Å². The molecule has 0 spiro atoms. The normalized spacial score (nSPS) is 13.3. The molecule has 8 heteroatoms. The van der Waals surface area contributed by atoms with Gasteiger partial charge in [-0.25, -0.2) is 0 Å². The predicted molar refractivity (Wildman–Crippen MR) is 64.4 cm³/mol. The lowest BCUT2D eigenvalue weighted by atomic mass is 10.2. The summed E-state index contributed by atoms with van der Waals surface area (Å²) in [6.07, 6.45) is 0. The first kappa shape index (κ1) is 10.1. The monoisotopic (exact) mass is 258 g/mol. The molecule has 0 amide bonds. The van der Waals surface area contributed by atoms with Crippen molar-refractivity contribution in [3.8, 4) is 11.5 Å². The van der Waals surface area contributed by atoms with E-state index in [0.717, 1.165) is 0 Å². The van der Waals surface area contributed by atoms with Crippen LogP contribution in [0.4, 0.5) is 0 Å². The Hall–Kier alpha value is -2.90. The van der Waals surface area contributed by atoms with Gasteiger partial charge in [0.05, 0.1) is 10.9 Å². The highest BCUT2D eigenvalue weighted by molar-refractivity contribution is 5.88. The van der Waals surface area contributed by atoms with Crippen LogP contribution in [0, 0.1) is 0 Å². The number of H-pyrrole nitrogens is 2. The molecule has 3 aromatic rings. The summed E-state index contributed by atoms with van der Waals surface area (Å²) >= 11 is 0. The lowest BCUT2D eigenvalue weighted by Gasteiger charge is -1.96. The Morgan fingerprint density at radius 2 is 1.95 bits per heavy atom. The SMILES string of the molecule is O=c1[nH]c2cc3c(cc2c(=O)c2[nH]nnc12)OCO3. The second-order valence-corrected chi connectivity index (χ2v) is 4.07. The van der Waals surface area contributed by atoms with Gasteiger partial charge in [0.15, 0.2) is 17.0 Å². The largest absolute Gasteiger partial charge is 0.454 e. The number of benzene rings is 1. The minimum absolute atomic E-state index is 0.0248. The number of hydrogen-bond donors (Lipinski definition) is 2. The fraction of sp³-hybridized carbons (Fsp3) is 0.0909. The predicted octanol–water partition coefficient (Wildman–Crippen LogP) is -0.112. The van der Waals surface area contributed by atoms with Crippen LogP contribution in [0.5, 0.6) is 11.5 Å². The van der Waals surface area contributed by atoms with E-state index in [1.807, 2.05) is 0 Å². The number of aromatic nitrogens is 4. The van der Waals surface area contributed by atoms with Gasteiger partial charge in [0.25, 0.3) is 5.56 Å².